The first-order valence-electron chi connectivity index (χ1n) is 5.17. The van der Waals surface area contributed by atoms with Gasteiger partial charge in [0.25, 0.3) is 5.01 Å². The van der Waals surface area contributed by atoms with Crippen LogP contribution >= 0.6 is 34.7 Å². The van der Waals surface area contributed by atoms with Gasteiger partial charge in [-0.25, -0.2) is 4.39 Å². The summed E-state index contributed by atoms with van der Waals surface area (Å²) in [6.07, 6.45) is 0. The molecule has 1 heterocycles. The number of hydrogen-bond acceptors (Lipinski definition) is 6. The third-order valence-corrected chi connectivity index (χ3v) is 4.74. The highest BCUT2D eigenvalue weighted by molar-refractivity contribution is 8.01. The maximum absolute atomic E-state index is 13.7. The lowest BCUT2D eigenvalue weighted by Crippen LogP contribution is -1.93. The van der Waals surface area contributed by atoms with Crippen LogP contribution in [0.5, 0.6) is 0 Å². The van der Waals surface area contributed by atoms with E-state index in [2.05, 4.69) is 4.98 Å². The summed E-state index contributed by atoms with van der Waals surface area (Å²) < 4.78 is 13.8. The smallest absolute Gasteiger partial charge is 0.358 e. The molecule has 0 aliphatic heterocycles. The molecule has 0 aliphatic carbocycles. The molecule has 0 aliphatic rings. The minimum atomic E-state index is -0.695. The van der Waals surface area contributed by atoms with Crippen LogP contribution in [-0.4, -0.2) is 15.7 Å². The molecule has 104 valence electrons. The molecule has 5 nitrogen and oxygen atoms in total. The Morgan fingerprint density at radius 3 is 2.80 bits per heavy atom. The van der Waals surface area contributed by atoms with E-state index in [-0.39, 0.29) is 24.9 Å². The summed E-state index contributed by atoms with van der Waals surface area (Å²) in [5.41, 5.74) is 0. The van der Waals surface area contributed by atoms with Crippen molar-refractivity contribution >= 4 is 46.3 Å². The topological polar surface area (TPSA) is 73.1 Å². The Hall–Kier alpha value is -1.51. The number of nitrogens with zero attached hydrogens (tertiary/aromatic N) is 2. The van der Waals surface area contributed by atoms with Crippen molar-refractivity contribution in [1.29, 1.82) is 0 Å². The van der Waals surface area contributed by atoms with Crippen LogP contribution in [-0.2, 0) is 0 Å². The number of carbonyl (C=O) groups is 1. The largest absolute Gasteiger partial charge is 0.389 e. The first-order chi connectivity index (χ1) is 9.38. The Labute approximate surface area is 125 Å². The van der Waals surface area contributed by atoms with E-state index < -0.39 is 16.6 Å². The van der Waals surface area contributed by atoms with Crippen molar-refractivity contribution < 1.29 is 14.1 Å². The molecule has 20 heavy (non-hydrogen) atoms. The summed E-state index contributed by atoms with van der Waals surface area (Å²) in [6, 6.07) is 4.01. The van der Waals surface area contributed by atoms with Crippen molar-refractivity contribution in [2.45, 2.75) is 16.0 Å². The minimum Gasteiger partial charge on any atom is -0.358 e. The third kappa shape index (κ3) is 3.14. The quantitative estimate of drug-likeness (QED) is 0.476. The molecule has 0 fully saturated rings. The molecule has 0 bridgehead atoms. The summed E-state index contributed by atoms with van der Waals surface area (Å²) in [5, 5.41) is 11.2. The van der Waals surface area contributed by atoms with Crippen LogP contribution in [0.1, 0.15) is 16.7 Å². The highest BCUT2D eigenvalue weighted by atomic mass is 35.5. The van der Waals surface area contributed by atoms with E-state index in [1.807, 2.05) is 0 Å². The Morgan fingerprint density at radius 2 is 2.25 bits per heavy atom. The molecule has 0 N–H and O–H groups in total. The van der Waals surface area contributed by atoms with Crippen LogP contribution in [0.15, 0.2) is 27.3 Å². The maximum atomic E-state index is 13.7. The fourth-order valence-corrected chi connectivity index (χ4v) is 3.49. The number of carbonyl (C=O) groups excluding carboxylic acids is 1. The molecule has 9 heteroatoms. The molecule has 0 saturated heterocycles. The molecule has 0 spiro atoms. The first kappa shape index (κ1) is 14.9. The summed E-state index contributed by atoms with van der Waals surface area (Å²) in [6.45, 7) is 1.26. The van der Waals surface area contributed by atoms with Crippen molar-refractivity contribution in [2.75, 3.05) is 0 Å². The molecule has 0 amide bonds. The highest BCUT2D eigenvalue weighted by Crippen LogP contribution is 2.40. The van der Waals surface area contributed by atoms with Gasteiger partial charge in [0.15, 0.2) is 4.21 Å². The zero-order valence-electron chi connectivity index (χ0n) is 9.92. The maximum Gasteiger partial charge on any atom is 0.389 e. The number of nitro groups is 1. The van der Waals surface area contributed by atoms with E-state index in [0.29, 0.717) is 0 Å². The van der Waals surface area contributed by atoms with Gasteiger partial charge in [-0.15, -0.1) is 0 Å². The molecular formula is C11H6ClFN2O3S2. The third-order valence-electron chi connectivity index (χ3n) is 2.15. The van der Waals surface area contributed by atoms with E-state index in [9.17, 15) is 19.3 Å². The average Bonchev–Trinajstić information content (AvgIpc) is 2.77. The molecule has 2 rings (SSSR count). The van der Waals surface area contributed by atoms with Crippen LogP contribution in [0.25, 0.3) is 0 Å². The van der Waals surface area contributed by atoms with Crippen molar-refractivity contribution in [3.05, 3.63) is 44.2 Å². The number of rotatable bonds is 4. The predicted octanol–water partition coefficient (Wildman–Crippen LogP) is 4.20. The minimum absolute atomic E-state index is 0.0218. The Balaban J connectivity index is 2.42. The van der Waals surface area contributed by atoms with E-state index in [1.54, 1.807) is 0 Å². The van der Waals surface area contributed by atoms with Gasteiger partial charge in [0.2, 0.25) is 5.78 Å². The molecular weight excluding hydrogens is 327 g/mol. The van der Waals surface area contributed by atoms with Crippen molar-refractivity contribution in [2.24, 2.45) is 0 Å². The molecule has 0 unspecified atom stereocenters. The van der Waals surface area contributed by atoms with Gasteiger partial charge in [-0.2, -0.15) is 0 Å². The number of halogens is 2. The van der Waals surface area contributed by atoms with Gasteiger partial charge in [0.05, 0.1) is 0 Å². The Kier molecular flexibility index (Phi) is 4.36. The Bertz CT molecular complexity index is 705. The zero-order valence-corrected chi connectivity index (χ0v) is 12.3. The number of hydrogen-bond donors (Lipinski definition) is 0. The molecule has 0 saturated carbocycles. The van der Waals surface area contributed by atoms with E-state index in [0.717, 1.165) is 29.2 Å². The van der Waals surface area contributed by atoms with Gasteiger partial charge < -0.3 is 10.1 Å². The van der Waals surface area contributed by atoms with Gasteiger partial charge in [-0.05, 0) is 28.1 Å². The molecule has 1 aromatic carbocycles. The van der Waals surface area contributed by atoms with E-state index in [4.69, 9.17) is 11.6 Å². The lowest BCUT2D eigenvalue weighted by Gasteiger charge is -2.00. The van der Waals surface area contributed by atoms with Crippen LogP contribution in [0.4, 0.5) is 10.2 Å². The molecule has 0 radical (unpaired) electrons. The van der Waals surface area contributed by atoms with Crippen molar-refractivity contribution in [1.82, 2.24) is 4.98 Å². The van der Waals surface area contributed by atoms with Gasteiger partial charge in [0.1, 0.15) is 5.82 Å². The number of Topliss-reactive ketones (excluding diaryl/α,β-unsaturated/α-hetero) is 1. The normalized spacial score (nSPS) is 10.6. The van der Waals surface area contributed by atoms with Crippen molar-refractivity contribution in [3.63, 3.8) is 0 Å². The fourth-order valence-electron chi connectivity index (χ4n) is 1.29. The predicted molar refractivity (Wildman–Crippen MR) is 74.3 cm³/mol. The Morgan fingerprint density at radius 1 is 1.55 bits per heavy atom. The first-order valence-corrected chi connectivity index (χ1v) is 7.18. The summed E-state index contributed by atoms with van der Waals surface area (Å²) in [5.74, 6) is -1.41. The van der Waals surface area contributed by atoms with Gasteiger partial charge in [-0.3, -0.25) is 4.79 Å². The van der Waals surface area contributed by atoms with Gasteiger partial charge in [-0.1, -0.05) is 34.7 Å². The van der Waals surface area contributed by atoms with E-state index in [1.165, 1.54) is 19.1 Å². The van der Waals surface area contributed by atoms with Gasteiger partial charge >= 0.3 is 5.82 Å². The second-order valence-electron chi connectivity index (χ2n) is 3.62. The second-order valence-corrected chi connectivity index (χ2v) is 6.37. The fraction of sp³-hybridized carbons (Fsp3) is 0.0909. The lowest BCUT2D eigenvalue weighted by molar-refractivity contribution is -0.391. The summed E-state index contributed by atoms with van der Waals surface area (Å²) in [7, 11) is 0. The summed E-state index contributed by atoms with van der Waals surface area (Å²) >= 11 is 7.34. The second kappa shape index (κ2) is 5.86. The molecule has 1 aromatic heterocycles. The number of thiazole rings is 1. The van der Waals surface area contributed by atoms with Crippen LogP contribution in [0, 0.1) is 15.9 Å². The van der Waals surface area contributed by atoms with Crippen LogP contribution < -0.4 is 0 Å². The monoisotopic (exact) mass is 332 g/mol. The number of ketones is 1. The molecule has 0 atom stereocenters. The van der Waals surface area contributed by atoms with Crippen LogP contribution in [0.2, 0.25) is 5.02 Å². The summed E-state index contributed by atoms with van der Waals surface area (Å²) in [4.78, 5) is 25.3. The van der Waals surface area contributed by atoms with E-state index >= 15 is 0 Å². The average molecular weight is 333 g/mol. The van der Waals surface area contributed by atoms with Crippen molar-refractivity contribution in [3.8, 4) is 0 Å². The number of aromatic nitrogens is 1. The highest BCUT2D eigenvalue weighted by Gasteiger charge is 2.26. The standard InChI is InChI=1S/C11H6ClFN2O3S2/c1-5(16)10-14-9(15(17)18)11(20-10)19-8-3-2-6(12)4-7(8)13/h2-4H,1H3. The van der Waals surface area contributed by atoms with Gasteiger partial charge in [0, 0.05) is 16.8 Å². The van der Waals surface area contributed by atoms with Crippen LogP contribution in [0.3, 0.4) is 0 Å². The number of benzene rings is 1. The molecule has 2 aromatic rings. The SMILES string of the molecule is CC(=O)c1nc([N+](=O)[O-])c(Sc2ccc(Cl)cc2F)s1. The lowest BCUT2D eigenvalue weighted by atomic mass is 10.3. The zero-order chi connectivity index (χ0) is 14.9.